The van der Waals surface area contributed by atoms with E-state index in [9.17, 15) is 0 Å². The first-order valence-corrected chi connectivity index (χ1v) is 7.35. The van der Waals surface area contributed by atoms with Crippen molar-refractivity contribution in [3.8, 4) is 11.1 Å². The van der Waals surface area contributed by atoms with Crippen LogP contribution in [0.25, 0.3) is 22.0 Å². The lowest BCUT2D eigenvalue weighted by Gasteiger charge is -2.10. The zero-order chi connectivity index (χ0) is 13.5. The molecule has 1 fully saturated rings. The van der Waals surface area contributed by atoms with Crippen LogP contribution in [0.3, 0.4) is 0 Å². The summed E-state index contributed by atoms with van der Waals surface area (Å²) < 4.78 is 0. The van der Waals surface area contributed by atoms with Crippen LogP contribution in [0.4, 0.5) is 0 Å². The molecular formula is C18H14ClN. The molecule has 1 aliphatic rings. The van der Waals surface area contributed by atoms with Gasteiger partial charge in [0.1, 0.15) is 0 Å². The highest BCUT2D eigenvalue weighted by Crippen LogP contribution is 2.42. The molecule has 0 radical (unpaired) electrons. The summed E-state index contributed by atoms with van der Waals surface area (Å²) in [6.07, 6.45) is 2.53. The van der Waals surface area contributed by atoms with Crippen molar-refractivity contribution in [2.24, 2.45) is 0 Å². The van der Waals surface area contributed by atoms with Crippen LogP contribution in [0, 0.1) is 0 Å². The second-order valence-corrected chi connectivity index (χ2v) is 5.83. The Kier molecular flexibility index (Phi) is 2.75. The summed E-state index contributed by atoms with van der Waals surface area (Å²) in [5.41, 5.74) is 4.72. The zero-order valence-electron chi connectivity index (χ0n) is 11.0. The fourth-order valence-electron chi connectivity index (χ4n) is 2.66. The molecule has 1 heterocycles. The fourth-order valence-corrected chi connectivity index (χ4v) is 2.84. The summed E-state index contributed by atoms with van der Waals surface area (Å²) in [5, 5.41) is 1.89. The summed E-state index contributed by atoms with van der Waals surface area (Å²) in [7, 11) is 0. The maximum Gasteiger partial charge on any atom is 0.0712 e. The van der Waals surface area contributed by atoms with Gasteiger partial charge in [0.05, 0.1) is 5.52 Å². The molecule has 3 aromatic rings. The topological polar surface area (TPSA) is 12.9 Å². The molecule has 98 valence electrons. The van der Waals surface area contributed by atoms with Crippen LogP contribution in [0.2, 0.25) is 5.02 Å². The third-order valence-corrected chi connectivity index (χ3v) is 4.11. The van der Waals surface area contributed by atoms with Crippen LogP contribution in [-0.2, 0) is 0 Å². The summed E-state index contributed by atoms with van der Waals surface area (Å²) in [6, 6.07) is 18.7. The number of hydrogen-bond donors (Lipinski definition) is 0. The molecule has 0 amide bonds. The van der Waals surface area contributed by atoms with Gasteiger partial charge < -0.3 is 0 Å². The normalized spacial score (nSPS) is 14.7. The van der Waals surface area contributed by atoms with Crippen molar-refractivity contribution < 1.29 is 0 Å². The highest BCUT2D eigenvalue weighted by molar-refractivity contribution is 6.31. The number of hydrogen-bond acceptors (Lipinski definition) is 1. The smallest absolute Gasteiger partial charge is 0.0712 e. The minimum Gasteiger partial charge on any atom is -0.253 e. The molecule has 2 aromatic carbocycles. The molecule has 4 rings (SSSR count). The van der Waals surface area contributed by atoms with E-state index in [0.717, 1.165) is 15.9 Å². The second-order valence-electron chi connectivity index (χ2n) is 5.40. The molecule has 0 bridgehead atoms. The van der Waals surface area contributed by atoms with E-state index < -0.39 is 0 Å². The molecule has 1 aromatic heterocycles. The van der Waals surface area contributed by atoms with Crippen LogP contribution in [0.1, 0.15) is 24.5 Å². The van der Waals surface area contributed by atoms with E-state index in [1.807, 2.05) is 24.3 Å². The highest BCUT2D eigenvalue weighted by Gasteiger charge is 2.26. The molecular weight excluding hydrogens is 266 g/mol. The van der Waals surface area contributed by atoms with Gasteiger partial charge in [-0.2, -0.15) is 0 Å². The van der Waals surface area contributed by atoms with Crippen LogP contribution >= 0.6 is 11.6 Å². The SMILES string of the molecule is Clc1ccc2nc(C3CC3)cc(-c3ccccc3)c2c1. The van der Waals surface area contributed by atoms with Gasteiger partial charge in [-0.05, 0) is 48.2 Å². The number of rotatable bonds is 2. The van der Waals surface area contributed by atoms with Crippen LogP contribution in [-0.4, -0.2) is 4.98 Å². The van der Waals surface area contributed by atoms with Crippen molar-refractivity contribution in [1.29, 1.82) is 0 Å². The molecule has 1 aliphatic carbocycles. The van der Waals surface area contributed by atoms with Gasteiger partial charge in [0.25, 0.3) is 0 Å². The monoisotopic (exact) mass is 279 g/mol. The van der Waals surface area contributed by atoms with Gasteiger partial charge in [0.2, 0.25) is 0 Å². The van der Waals surface area contributed by atoms with Crippen molar-refractivity contribution in [1.82, 2.24) is 4.98 Å². The zero-order valence-corrected chi connectivity index (χ0v) is 11.8. The van der Waals surface area contributed by atoms with Gasteiger partial charge >= 0.3 is 0 Å². The van der Waals surface area contributed by atoms with Crippen molar-refractivity contribution in [3.63, 3.8) is 0 Å². The third-order valence-electron chi connectivity index (χ3n) is 3.87. The standard InChI is InChI=1S/C18H14ClN/c19-14-8-9-17-16(10-14)15(12-4-2-1-3-5-12)11-18(20-17)13-6-7-13/h1-5,8-11,13H,6-7H2. The lowest BCUT2D eigenvalue weighted by molar-refractivity contribution is 1.04. The van der Waals surface area contributed by atoms with E-state index in [0.29, 0.717) is 5.92 Å². The Bertz CT molecular complexity index is 776. The van der Waals surface area contributed by atoms with E-state index >= 15 is 0 Å². The number of fused-ring (bicyclic) bond motifs is 1. The van der Waals surface area contributed by atoms with Gasteiger partial charge in [-0.1, -0.05) is 41.9 Å². The first-order chi connectivity index (χ1) is 9.81. The number of pyridine rings is 1. The summed E-state index contributed by atoms with van der Waals surface area (Å²) in [6.45, 7) is 0. The summed E-state index contributed by atoms with van der Waals surface area (Å²) in [4.78, 5) is 4.81. The van der Waals surface area contributed by atoms with E-state index in [1.54, 1.807) is 0 Å². The Morgan fingerprint density at radius 2 is 1.75 bits per heavy atom. The minimum atomic E-state index is 0.651. The Morgan fingerprint density at radius 3 is 2.50 bits per heavy atom. The van der Waals surface area contributed by atoms with E-state index in [-0.39, 0.29) is 0 Å². The average molecular weight is 280 g/mol. The number of nitrogens with zero attached hydrogens (tertiary/aromatic N) is 1. The largest absolute Gasteiger partial charge is 0.253 e. The van der Waals surface area contributed by atoms with Gasteiger partial charge in [0, 0.05) is 22.0 Å². The Balaban J connectivity index is 2.02. The van der Waals surface area contributed by atoms with E-state index in [4.69, 9.17) is 16.6 Å². The van der Waals surface area contributed by atoms with Crippen LogP contribution < -0.4 is 0 Å². The third kappa shape index (κ3) is 2.08. The number of halogens is 1. The maximum absolute atomic E-state index is 6.17. The molecule has 0 spiro atoms. The first kappa shape index (κ1) is 11.9. The average Bonchev–Trinajstić information content (AvgIpc) is 3.32. The fraction of sp³-hybridized carbons (Fsp3) is 0.167. The van der Waals surface area contributed by atoms with Crippen molar-refractivity contribution in [2.45, 2.75) is 18.8 Å². The highest BCUT2D eigenvalue weighted by atomic mass is 35.5. The molecule has 1 saturated carbocycles. The summed E-state index contributed by atoms with van der Waals surface area (Å²) in [5.74, 6) is 0.651. The molecule has 0 atom stereocenters. The quantitative estimate of drug-likeness (QED) is 0.609. The Morgan fingerprint density at radius 1 is 0.950 bits per heavy atom. The Hall–Kier alpha value is -1.86. The van der Waals surface area contributed by atoms with Gasteiger partial charge in [0.15, 0.2) is 0 Å². The van der Waals surface area contributed by atoms with Gasteiger partial charge in [-0.25, -0.2) is 0 Å². The lowest BCUT2D eigenvalue weighted by atomic mass is 9.99. The minimum absolute atomic E-state index is 0.651. The van der Waals surface area contributed by atoms with Crippen LogP contribution in [0.5, 0.6) is 0 Å². The maximum atomic E-state index is 6.17. The van der Waals surface area contributed by atoms with E-state index in [2.05, 4.69) is 30.3 Å². The predicted molar refractivity (Wildman–Crippen MR) is 84.2 cm³/mol. The molecule has 1 nitrogen and oxygen atoms in total. The summed E-state index contributed by atoms with van der Waals surface area (Å²) >= 11 is 6.17. The second kappa shape index (κ2) is 4.60. The molecule has 2 heteroatoms. The van der Waals surface area contributed by atoms with Crippen LogP contribution in [0.15, 0.2) is 54.6 Å². The number of aromatic nitrogens is 1. The van der Waals surface area contributed by atoms with Crippen molar-refractivity contribution in [2.75, 3.05) is 0 Å². The van der Waals surface area contributed by atoms with E-state index in [1.165, 1.54) is 29.7 Å². The molecule has 0 unspecified atom stereocenters. The predicted octanol–water partition coefficient (Wildman–Crippen LogP) is 5.43. The Labute approximate surface area is 123 Å². The van der Waals surface area contributed by atoms with Crippen molar-refractivity contribution in [3.05, 3.63) is 65.3 Å². The molecule has 20 heavy (non-hydrogen) atoms. The van der Waals surface area contributed by atoms with Crippen molar-refractivity contribution >= 4 is 22.5 Å². The van der Waals surface area contributed by atoms with Gasteiger partial charge in [-0.3, -0.25) is 4.98 Å². The first-order valence-electron chi connectivity index (χ1n) is 6.97. The van der Waals surface area contributed by atoms with Gasteiger partial charge in [-0.15, -0.1) is 0 Å². The molecule has 0 N–H and O–H groups in total. The molecule has 0 aliphatic heterocycles. The lowest BCUT2D eigenvalue weighted by Crippen LogP contribution is -1.91. The number of benzene rings is 2. The molecule has 0 saturated heterocycles.